The fraction of sp³-hybridized carbons (Fsp3) is 0.538. The molecule has 92 valence electrons. The van der Waals surface area contributed by atoms with Crippen molar-refractivity contribution in [1.82, 2.24) is 14.6 Å². The van der Waals surface area contributed by atoms with Crippen LogP contribution in [0.2, 0.25) is 0 Å². The summed E-state index contributed by atoms with van der Waals surface area (Å²) < 4.78 is 1.86. The van der Waals surface area contributed by atoms with Gasteiger partial charge in [-0.1, -0.05) is 26.8 Å². The molecule has 2 aromatic heterocycles. The molecule has 0 radical (unpaired) electrons. The number of fused-ring (bicyclic) bond motifs is 1. The van der Waals surface area contributed by atoms with Crippen LogP contribution in [0.3, 0.4) is 0 Å². The van der Waals surface area contributed by atoms with Gasteiger partial charge >= 0.3 is 0 Å². The molecule has 1 N–H and O–H groups in total. The number of rotatable bonds is 2. The van der Waals surface area contributed by atoms with Crippen LogP contribution in [0.1, 0.15) is 33.4 Å². The lowest BCUT2D eigenvalue weighted by molar-refractivity contribution is 0.358. The minimum absolute atomic E-state index is 0.187. The minimum atomic E-state index is 0.187. The Morgan fingerprint density at radius 1 is 1.29 bits per heavy atom. The SMILES string of the molecule is Cc1cccc2nc(NC(C)C(C)(C)C)nn12. The number of nitrogens with zero attached hydrogens (tertiary/aromatic N) is 3. The van der Waals surface area contributed by atoms with Crippen LogP contribution in [0, 0.1) is 12.3 Å². The van der Waals surface area contributed by atoms with Crippen LogP contribution in [0.4, 0.5) is 5.95 Å². The van der Waals surface area contributed by atoms with Crippen LogP contribution >= 0.6 is 0 Å². The van der Waals surface area contributed by atoms with E-state index in [2.05, 4.69) is 43.1 Å². The third kappa shape index (κ3) is 2.40. The molecule has 4 nitrogen and oxygen atoms in total. The number of aryl methyl sites for hydroxylation is 1. The first-order valence-corrected chi connectivity index (χ1v) is 5.97. The first-order chi connectivity index (χ1) is 7.88. The zero-order valence-electron chi connectivity index (χ0n) is 11.2. The largest absolute Gasteiger partial charge is 0.350 e. The summed E-state index contributed by atoms with van der Waals surface area (Å²) in [4.78, 5) is 4.47. The van der Waals surface area contributed by atoms with E-state index in [-0.39, 0.29) is 5.41 Å². The van der Waals surface area contributed by atoms with Gasteiger partial charge in [0.15, 0.2) is 5.65 Å². The van der Waals surface area contributed by atoms with E-state index in [1.807, 2.05) is 29.6 Å². The summed E-state index contributed by atoms with van der Waals surface area (Å²) >= 11 is 0. The summed E-state index contributed by atoms with van der Waals surface area (Å²) in [6, 6.07) is 6.31. The molecule has 0 aliphatic carbocycles. The van der Waals surface area contributed by atoms with Crippen molar-refractivity contribution in [2.45, 2.75) is 40.7 Å². The lowest BCUT2D eigenvalue weighted by atomic mass is 9.88. The average Bonchev–Trinajstić information content (AvgIpc) is 2.60. The van der Waals surface area contributed by atoms with E-state index in [9.17, 15) is 0 Å². The molecule has 0 saturated heterocycles. The topological polar surface area (TPSA) is 42.2 Å². The van der Waals surface area contributed by atoms with Crippen molar-refractivity contribution in [2.75, 3.05) is 5.32 Å². The predicted octanol–water partition coefficient (Wildman–Crippen LogP) is 2.88. The highest BCUT2D eigenvalue weighted by molar-refractivity contribution is 5.44. The Morgan fingerprint density at radius 3 is 2.59 bits per heavy atom. The number of pyridine rings is 1. The Kier molecular flexibility index (Phi) is 2.81. The Hall–Kier alpha value is -1.58. The van der Waals surface area contributed by atoms with E-state index in [1.165, 1.54) is 0 Å². The van der Waals surface area contributed by atoms with Crippen molar-refractivity contribution in [1.29, 1.82) is 0 Å². The van der Waals surface area contributed by atoms with Crippen molar-refractivity contribution < 1.29 is 0 Å². The van der Waals surface area contributed by atoms with Gasteiger partial charge in [0, 0.05) is 11.7 Å². The highest BCUT2D eigenvalue weighted by Crippen LogP contribution is 2.21. The van der Waals surface area contributed by atoms with Crippen LogP contribution < -0.4 is 5.32 Å². The molecule has 1 unspecified atom stereocenters. The van der Waals surface area contributed by atoms with Gasteiger partial charge < -0.3 is 5.32 Å². The molecular weight excluding hydrogens is 212 g/mol. The highest BCUT2D eigenvalue weighted by atomic mass is 15.4. The summed E-state index contributed by atoms with van der Waals surface area (Å²) in [6.07, 6.45) is 0. The summed E-state index contributed by atoms with van der Waals surface area (Å²) in [5, 5.41) is 7.82. The van der Waals surface area contributed by atoms with E-state index in [0.717, 1.165) is 11.3 Å². The van der Waals surface area contributed by atoms with Crippen LogP contribution in [0.25, 0.3) is 5.65 Å². The van der Waals surface area contributed by atoms with E-state index >= 15 is 0 Å². The van der Waals surface area contributed by atoms with Crippen molar-refractivity contribution in [3.8, 4) is 0 Å². The second-order valence-corrected chi connectivity index (χ2v) is 5.60. The smallest absolute Gasteiger partial charge is 0.243 e. The van der Waals surface area contributed by atoms with E-state index in [0.29, 0.717) is 12.0 Å². The van der Waals surface area contributed by atoms with Crippen LogP contribution in [0.5, 0.6) is 0 Å². The molecule has 0 aromatic carbocycles. The summed E-state index contributed by atoms with van der Waals surface area (Å²) in [5.41, 5.74) is 2.16. The zero-order valence-corrected chi connectivity index (χ0v) is 11.2. The van der Waals surface area contributed by atoms with Gasteiger partial charge in [0.1, 0.15) is 0 Å². The fourth-order valence-electron chi connectivity index (χ4n) is 1.51. The minimum Gasteiger partial charge on any atom is -0.350 e. The maximum atomic E-state index is 4.47. The summed E-state index contributed by atoms with van der Waals surface area (Å²) in [5.74, 6) is 0.696. The van der Waals surface area contributed by atoms with Crippen LogP contribution in [0.15, 0.2) is 18.2 Å². The number of aromatic nitrogens is 3. The summed E-state index contributed by atoms with van der Waals surface area (Å²) in [6.45, 7) is 10.8. The standard InChI is InChI=1S/C13H20N4/c1-9-7-6-8-11-15-12(16-17(9)11)14-10(2)13(3,4)5/h6-8,10H,1-5H3,(H,14,16). The predicted molar refractivity (Wildman–Crippen MR) is 70.3 cm³/mol. The molecule has 4 heteroatoms. The second kappa shape index (κ2) is 4.02. The fourth-order valence-corrected chi connectivity index (χ4v) is 1.51. The number of anilines is 1. The van der Waals surface area contributed by atoms with Crippen molar-refractivity contribution in [3.05, 3.63) is 23.9 Å². The van der Waals surface area contributed by atoms with Gasteiger partial charge in [-0.25, -0.2) is 4.52 Å². The van der Waals surface area contributed by atoms with Gasteiger partial charge in [0.25, 0.3) is 0 Å². The molecular formula is C13H20N4. The Balaban J connectivity index is 2.29. The highest BCUT2D eigenvalue weighted by Gasteiger charge is 2.21. The number of hydrogen-bond acceptors (Lipinski definition) is 3. The maximum Gasteiger partial charge on any atom is 0.243 e. The first-order valence-electron chi connectivity index (χ1n) is 5.97. The molecule has 0 fully saturated rings. The number of hydrogen-bond donors (Lipinski definition) is 1. The third-order valence-corrected chi connectivity index (χ3v) is 3.19. The molecule has 0 amide bonds. The molecule has 17 heavy (non-hydrogen) atoms. The van der Waals surface area contributed by atoms with Crippen molar-refractivity contribution >= 4 is 11.6 Å². The van der Waals surface area contributed by atoms with Gasteiger partial charge in [0.05, 0.1) is 0 Å². The molecule has 2 rings (SSSR count). The molecule has 0 aliphatic heterocycles. The molecule has 1 atom stereocenters. The molecule has 2 aromatic rings. The second-order valence-electron chi connectivity index (χ2n) is 5.60. The quantitative estimate of drug-likeness (QED) is 0.865. The van der Waals surface area contributed by atoms with Crippen LogP contribution in [-0.4, -0.2) is 20.6 Å². The van der Waals surface area contributed by atoms with Gasteiger partial charge in [-0.2, -0.15) is 4.98 Å². The molecule has 2 heterocycles. The summed E-state index contributed by atoms with van der Waals surface area (Å²) in [7, 11) is 0. The monoisotopic (exact) mass is 232 g/mol. The normalized spacial score (nSPS) is 13.9. The van der Waals surface area contributed by atoms with Gasteiger partial charge in [-0.3, -0.25) is 0 Å². The first kappa shape index (κ1) is 11.9. The van der Waals surface area contributed by atoms with Gasteiger partial charge in [-0.15, -0.1) is 5.10 Å². The van der Waals surface area contributed by atoms with Crippen molar-refractivity contribution in [3.63, 3.8) is 0 Å². The van der Waals surface area contributed by atoms with Gasteiger partial charge in [0.2, 0.25) is 5.95 Å². The van der Waals surface area contributed by atoms with E-state index < -0.39 is 0 Å². The maximum absolute atomic E-state index is 4.47. The lowest BCUT2D eigenvalue weighted by Crippen LogP contribution is -2.31. The Bertz CT molecular complexity index is 522. The number of nitrogens with one attached hydrogen (secondary N) is 1. The Labute approximate surface area is 102 Å². The van der Waals surface area contributed by atoms with E-state index in [4.69, 9.17) is 0 Å². The van der Waals surface area contributed by atoms with Gasteiger partial charge in [-0.05, 0) is 31.4 Å². The van der Waals surface area contributed by atoms with Crippen molar-refractivity contribution in [2.24, 2.45) is 5.41 Å². The average molecular weight is 232 g/mol. The molecule has 0 spiro atoms. The molecule has 0 bridgehead atoms. The molecule has 0 aliphatic rings. The zero-order chi connectivity index (χ0) is 12.6. The third-order valence-electron chi connectivity index (χ3n) is 3.19. The Morgan fingerprint density at radius 2 is 2.00 bits per heavy atom. The van der Waals surface area contributed by atoms with Crippen LogP contribution in [-0.2, 0) is 0 Å². The lowest BCUT2D eigenvalue weighted by Gasteiger charge is -2.27. The molecule has 0 saturated carbocycles. The van der Waals surface area contributed by atoms with E-state index in [1.54, 1.807) is 0 Å².